The van der Waals surface area contributed by atoms with Gasteiger partial charge in [0.15, 0.2) is 5.11 Å². The number of aryl methyl sites for hydroxylation is 1. The molecule has 1 atom stereocenters. The maximum Gasteiger partial charge on any atom is 0.172 e. The molecule has 98 valence electrons. The van der Waals surface area contributed by atoms with E-state index < -0.39 is 0 Å². The number of aromatic nitrogens is 1. The van der Waals surface area contributed by atoms with Gasteiger partial charge >= 0.3 is 0 Å². The second-order valence-electron chi connectivity index (χ2n) is 4.40. The first kappa shape index (κ1) is 13.5. The molecule has 1 aromatic heterocycles. The third kappa shape index (κ3) is 3.76. The minimum Gasteiger partial charge on any atom is -0.356 e. The van der Waals surface area contributed by atoms with E-state index in [1.165, 1.54) is 5.56 Å². The number of nitrogens with one attached hydrogen (secondary N) is 2. The van der Waals surface area contributed by atoms with Gasteiger partial charge in [0.05, 0.1) is 6.04 Å². The molecule has 0 saturated heterocycles. The number of rotatable bonds is 3. The van der Waals surface area contributed by atoms with E-state index in [-0.39, 0.29) is 6.04 Å². The Morgan fingerprint density at radius 1 is 1.16 bits per heavy atom. The Morgan fingerprint density at radius 2 is 1.89 bits per heavy atom. The molecule has 0 saturated carbocycles. The van der Waals surface area contributed by atoms with Gasteiger partial charge in [-0.3, -0.25) is 0 Å². The molecule has 0 radical (unpaired) electrons. The first-order valence-electron chi connectivity index (χ1n) is 6.21. The van der Waals surface area contributed by atoms with Crippen molar-refractivity contribution in [1.82, 2.24) is 10.3 Å². The van der Waals surface area contributed by atoms with Crippen LogP contribution in [0.15, 0.2) is 48.7 Å². The molecule has 0 amide bonds. The van der Waals surface area contributed by atoms with E-state index in [0.717, 1.165) is 11.4 Å². The van der Waals surface area contributed by atoms with Crippen LogP contribution >= 0.6 is 12.2 Å². The molecule has 1 heterocycles. The second kappa shape index (κ2) is 6.29. The summed E-state index contributed by atoms with van der Waals surface area (Å²) < 4.78 is 0. The maximum atomic E-state index is 5.31. The molecule has 19 heavy (non-hydrogen) atoms. The maximum absolute atomic E-state index is 5.31. The topological polar surface area (TPSA) is 37.0 Å². The lowest BCUT2D eigenvalue weighted by Gasteiger charge is -2.17. The molecular weight excluding hydrogens is 254 g/mol. The van der Waals surface area contributed by atoms with E-state index in [1.807, 2.05) is 37.3 Å². The Balaban J connectivity index is 1.97. The highest BCUT2D eigenvalue weighted by atomic mass is 32.1. The molecule has 0 aliphatic rings. The average molecular weight is 271 g/mol. The van der Waals surface area contributed by atoms with Crippen molar-refractivity contribution >= 4 is 23.1 Å². The molecule has 0 unspecified atom stereocenters. The Hall–Kier alpha value is -1.94. The number of hydrogen-bond donors (Lipinski definition) is 2. The van der Waals surface area contributed by atoms with Crippen molar-refractivity contribution < 1.29 is 0 Å². The first-order chi connectivity index (χ1) is 9.16. The van der Waals surface area contributed by atoms with Gasteiger partial charge in [-0.05, 0) is 43.3 Å². The molecule has 0 aliphatic heterocycles. The van der Waals surface area contributed by atoms with Crippen LogP contribution in [0.5, 0.6) is 0 Å². The van der Waals surface area contributed by atoms with Gasteiger partial charge in [0.2, 0.25) is 0 Å². The summed E-state index contributed by atoms with van der Waals surface area (Å²) in [6.07, 6.45) is 1.75. The van der Waals surface area contributed by atoms with Crippen molar-refractivity contribution in [2.75, 3.05) is 5.32 Å². The van der Waals surface area contributed by atoms with Crippen LogP contribution in [0.1, 0.15) is 24.1 Å². The Labute approximate surface area is 119 Å². The minimum atomic E-state index is 0.158. The van der Waals surface area contributed by atoms with Gasteiger partial charge in [-0.1, -0.05) is 36.4 Å². The second-order valence-corrected chi connectivity index (χ2v) is 4.81. The van der Waals surface area contributed by atoms with Gasteiger partial charge in [-0.25, -0.2) is 4.98 Å². The van der Waals surface area contributed by atoms with Gasteiger partial charge in [0, 0.05) is 6.20 Å². The summed E-state index contributed by atoms with van der Waals surface area (Å²) in [4.78, 5) is 4.26. The third-order valence-corrected chi connectivity index (χ3v) is 3.11. The van der Waals surface area contributed by atoms with E-state index in [2.05, 4.69) is 34.7 Å². The predicted octanol–water partition coefficient (Wildman–Crippen LogP) is 3.44. The van der Waals surface area contributed by atoms with E-state index >= 15 is 0 Å². The lowest BCUT2D eigenvalue weighted by molar-refractivity contribution is 0.722. The highest BCUT2D eigenvalue weighted by Crippen LogP contribution is 2.13. The summed E-state index contributed by atoms with van der Waals surface area (Å²) in [6.45, 7) is 4.08. The summed E-state index contributed by atoms with van der Waals surface area (Å²) in [5.74, 6) is 0.792. The number of thiocarbonyl (C=S) groups is 1. The van der Waals surface area contributed by atoms with Crippen molar-refractivity contribution in [2.45, 2.75) is 19.9 Å². The van der Waals surface area contributed by atoms with E-state index in [0.29, 0.717) is 5.11 Å². The lowest BCUT2D eigenvalue weighted by atomic mass is 10.1. The fourth-order valence-electron chi connectivity index (χ4n) is 1.78. The Kier molecular flexibility index (Phi) is 4.47. The molecule has 2 N–H and O–H groups in total. The standard InChI is InChI=1S/C15H17N3S/c1-11-7-6-10-16-14(11)18-15(19)17-12(2)13-8-4-3-5-9-13/h3-10,12H,1-2H3,(H2,16,17,18,19)/t12-/m0/s1. The predicted molar refractivity (Wildman–Crippen MR) is 83.2 cm³/mol. The lowest BCUT2D eigenvalue weighted by Crippen LogP contribution is -2.31. The molecule has 0 spiro atoms. The first-order valence-corrected chi connectivity index (χ1v) is 6.61. The van der Waals surface area contributed by atoms with Crippen molar-refractivity contribution in [3.05, 3.63) is 59.8 Å². The zero-order chi connectivity index (χ0) is 13.7. The molecule has 1 aromatic carbocycles. The summed E-state index contributed by atoms with van der Waals surface area (Å²) in [5, 5.41) is 6.95. The average Bonchev–Trinajstić information content (AvgIpc) is 2.42. The Morgan fingerprint density at radius 3 is 2.58 bits per heavy atom. The van der Waals surface area contributed by atoms with Gasteiger partial charge in [0.1, 0.15) is 5.82 Å². The van der Waals surface area contributed by atoms with Gasteiger partial charge in [0.25, 0.3) is 0 Å². The molecule has 3 nitrogen and oxygen atoms in total. The largest absolute Gasteiger partial charge is 0.356 e. The van der Waals surface area contributed by atoms with Crippen LogP contribution < -0.4 is 10.6 Å². The quantitative estimate of drug-likeness (QED) is 0.839. The molecule has 0 bridgehead atoms. The highest BCUT2D eigenvalue weighted by molar-refractivity contribution is 7.80. The smallest absolute Gasteiger partial charge is 0.172 e. The number of pyridine rings is 1. The van der Waals surface area contributed by atoms with E-state index in [4.69, 9.17) is 12.2 Å². The van der Waals surface area contributed by atoms with Gasteiger partial charge < -0.3 is 10.6 Å². The fourth-order valence-corrected chi connectivity index (χ4v) is 2.06. The molecular formula is C15H17N3S. The normalized spacial score (nSPS) is 11.7. The van der Waals surface area contributed by atoms with E-state index in [9.17, 15) is 0 Å². The highest BCUT2D eigenvalue weighted by Gasteiger charge is 2.07. The fraction of sp³-hybridized carbons (Fsp3) is 0.200. The van der Waals surface area contributed by atoms with Crippen LogP contribution in [0.4, 0.5) is 5.82 Å². The zero-order valence-electron chi connectivity index (χ0n) is 11.1. The Bertz CT molecular complexity index is 554. The summed E-state index contributed by atoms with van der Waals surface area (Å²) >= 11 is 5.31. The monoisotopic (exact) mass is 271 g/mol. The zero-order valence-corrected chi connectivity index (χ0v) is 11.9. The summed E-state index contributed by atoms with van der Waals surface area (Å²) in [7, 11) is 0. The third-order valence-electron chi connectivity index (χ3n) is 2.89. The molecule has 2 rings (SSSR count). The molecule has 0 aliphatic carbocycles. The molecule has 4 heteroatoms. The van der Waals surface area contributed by atoms with Crippen LogP contribution in [0.2, 0.25) is 0 Å². The molecule has 0 fully saturated rings. The van der Waals surface area contributed by atoms with Crippen LogP contribution in [0.3, 0.4) is 0 Å². The van der Waals surface area contributed by atoms with Crippen LogP contribution in [-0.2, 0) is 0 Å². The van der Waals surface area contributed by atoms with Gasteiger partial charge in [-0.2, -0.15) is 0 Å². The van der Waals surface area contributed by atoms with Crippen molar-refractivity contribution in [2.24, 2.45) is 0 Å². The van der Waals surface area contributed by atoms with Crippen LogP contribution in [0.25, 0.3) is 0 Å². The van der Waals surface area contributed by atoms with Crippen molar-refractivity contribution in [3.8, 4) is 0 Å². The van der Waals surface area contributed by atoms with E-state index in [1.54, 1.807) is 6.20 Å². The van der Waals surface area contributed by atoms with Crippen molar-refractivity contribution in [3.63, 3.8) is 0 Å². The number of nitrogens with zero attached hydrogens (tertiary/aromatic N) is 1. The minimum absolute atomic E-state index is 0.158. The number of anilines is 1. The summed E-state index contributed by atoms with van der Waals surface area (Å²) in [5.41, 5.74) is 2.27. The number of hydrogen-bond acceptors (Lipinski definition) is 2. The van der Waals surface area contributed by atoms with Crippen LogP contribution in [0, 0.1) is 6.92 Å². The molecule has 2 aromatic rings. The SMILES string of the molecule is Cc1cccnc1NC(=S)N[C@@H](C)c1ccccc1. The van der Waals surface area contributed by atoms with Gasteiger partial charge in [-0.15, -0.1) is 0 Å². The van der Waals surface area contributed by atoms with Crippen molar-refractivity contribution in [1.29, 1.82) is 0 Å². The van der Waals surface area contributed by atoms with Crippen LogP contribution in [-0.4, -0.2) is 10.1 Å². The summed E-state index contributed by atoms with van der Waals surface area (Å²) in [6, 6.07) is 14.3. The number of benzene rings is 1.